The third-order valence-corrected chi connectivity index (χ3v) is 3.57. The van der Waals surface area contributed by atoms with Gasteiger partial charge in [0.25, 0.3) is 0 Å². The second-order valence-electron chi connectivity index (χ2n) is 5.06. The molecule has 1 nitrogen and oxygen atoms in total. The number of unbranched alkanes of at least 4 members (excludes halogenated alkanes) is 7. The van der Waals surface area contributed by atoms with Crippen molar-refractivity contribution in [2.24, 2.45) is 0 Å². The zero-order chi connectivity index (χ0) is 10.8. The van der Waals surface area contributed by atoms with Gasteiger partial charge in [-0.15, -0.1) is 0 Å². The molecule has 1 saturated carbocycles. The van der Waals surface area contributed by atoms with Crippen LogP contribution in [0.1, 0.15) is 77.6 Å². The Balaban J connectivity index is 1.66. The van der Waals surface area contributed by atoms with E-state index in [0.717, 1.165) is 6.04 Å². The van der Waals surface area contributed by atoms with E-state index in [1.165, 1.54) is 77.2 Å². The first-order chi connectivity index (χ1) is 7.43. The molecule has 0 aromatic heterocycles. The summed E-state index contributed by atoms with van der Waals surface area (Å²) in [4.78, 5) is 0. The van der Waals surface area contributed by atoms with Gasteiger partial charge in [0.1, 0.15) is 0 Å². The highest BCUT2D eigenvalue weighted by Crippen LogP contribution is 2.17. The normalized spacial score (nSPS) is 16.6. The van der Waals surface area contributed by atoms with Crippen LogP contribution in [0.4, 0.5) is 0 Å². The predicted molar refractivity (Wildman–Crippen MR) is 68.3 cm³/mol. The van der Waals surface area contributed by atoms with Crippen LogP contribution in [0.3, 0.4) is 0 Å². The second kappa shape index (κ2) is 9.21. The summed E-state index contributed by atoms with van der Waals surface area (Å²) in [6.45, 7) is 3.55. The largest absolute Gasteiger partial charge is 0.314 e. The third kappa shape index (κ3) is 6.94. The predicted octanol–water partition coefficient (Wildman–Crippen LogP) is 4.27. The minimum atomic E-state index is 0.884. The molecule has 1 N–H and O–H groups in total. The van der Waals surface area contributed by atoms with Crippen molar-refractivity contribution in [2.45, 2.75) is 83.6 Å². The van der Waals surface area contributed by atoms with Crippen LogP contribution in [0.25, 0.3) is 0 Å². The molecule has 15 heavy (non-hydrogen) atoms. The van der Waals surface area contributed by atoms with E-state index in [9.17, 15) is 0 Å². The van der Waals surface area contributed by atoms with Crippen LogP contribution in [-0.2, 0) is 0 Å². The highest BCUT2D eigenvalue weighted by molar-refractivity contribution is 4.75. The van der Waals surface area contributed by atoms with Gasteiger partial charge in [0.15, 0.2) is 0 Å². The topological polar surface area (TPSA) is 12.0 Å². The molecule has 0 bridgehead atoms. The fraction of sp³-hybridized carbons (Fsp3) is 1.00. The number of rotatable bonds is 10. The van der Waals surface area contributed by atoms with Crippen molar-refractivity contribution in [3.05, 3.63) is 0 Å². The molecule has 0 unspecified atom stereocenters. The fourth-order valence-corrected chi connectivity index (χ4v) is 2.18. The molecular formula is C14H29N. The van der Waals surface area contributed by atoms with Gasteiger partial charge in [0, 0.05) is 6.04 Å². The zero-order valence-electron chi connectivity index (χ0n) is 10.6. The average Bonchev–Trinajstić information content (AvgIpc) is 2.18. The van der Waals surface area contributed by atoms with Crippen LogP contribution in [0.2, 0.25) is 0 Å². The molecule has 0 heterocycles. The van der Waals surface area contributed by atoms with Gasteiger partial charge in [-0.1, -0.05) is 58.3 Å². The van der Waals surface area contributed by atoms with Crippen LogP contribution in [0.15, 0.2) is 0 Å². The minimum Gasteiger partial charge on any atom is -0.314 e. The van der Waals surface area contributed by atoms with Crippen molar-refractivity contribution in [3.8, 4) is 0 Å². The lowest BCUT2D eigenvalue weighted by Gasteiger charge is -2.26. The van der Waals surface area contributed by atoms with E-state index in [4.69, 9.17) is 0 Å². The van der Waals surface area contributed by atoms with Gasteiger partial charge in [-0.05, 0) is 25.8 Å². The molecular weight excluding hydrogens is 182 g/mol. The van der Waals surface area contributed by atoms with Crippen LogP contribution >= 0.6 is 0 Å². The Morgan fingerprint density at radius 2 is 1.47 bits per heavy atom. The molecule has 0 aromatic rings. The van der Waals surface area contributed by atoms with Crippen LogP contribution in [-0.4, -0.2) is 12.6 Å². The number of hydrogen-bond acceptors (Lipinski definition) is 1. The quantitative estimate of drug-likeness (QED) is 0.532. The van der Waals surface area contributed by atoms with Crippen LogP contribution < -0.4 is 5.32 Å². The summed E-state index contributed by atoms with van der Waals surface area (Å²) in [5, 5.41) is 3.63. The lowest BCUT2D eigenvalue weighted by atomic mass is 9.93. The maximum atomic E-state index is 3.63. The van der Waals surface area contributed by atoms with E-state index in [-0.39, 0.29) is 0 Å². The van der Waals surface area contributed by atoms with Crippen molar-refractivity contribution < 1.29 is 0 Å². The van der Waals surface area contributed by atoms with Crippen molar-refractivity contribution in [3.63, 3.8) is 0 Å². The number of hydrogen-bond donors (Lipinski definition) is 1. The van der Waals surface area contributed by atoms with Crippen molar-refractivity contribution in [1.29, 1.82) is 0 Å². The average molecular weight is 211 g/mol. The standard InChI is InChI=1S/C14H29N/c1-2-3-4-5-6-7-8-9-13-15-14-11-10-12-14/h14-15H,2-13H2,1H3. The maximum Gasteiger partial charge on any atom is 0.00670 e. The first-order valence-electron chi connectivity index (χ1n) is 7.17. The highest BCUT2D eigenvalue weighted by atomic mass is 14.9. The summed E-state index contributed by atoms with van der Waals surface area (Å²) in [7, 11) is 0. The third-order valence-electron chi connectivity index (χ3n) is 3.57. The van der Waals surface area contributed by atoms with E-state index in [0.29, 0.717) is 0 Å². The van der Waals surface area contributed by atoms with Gasteiger partial charge >= 0.3 is 0 Å². The Morgan fingerprint density at radius 3 is 2.00 bits per heavy atom. The van der Waals surface area contributed by atoms with Crippen molar-refractivity contribution in [2.75, 3.05) is 6.54 Å². The molecule has 1 aliphatic rings. The molecule has 1 fully saturated rings. The van der Waals surface area contributed by atoms with Crippen LogP contribution in [0, 0.1) is 0 Å². The minimum absolute atomic E-state index is 0.884. The molecule has 1 aliphatic carbocycles. The summed E-state index contributed by atoms with van der Waals surface area (Å²) in [6.07, 6.45) is 15.8. The van der Waals surface area contributed by atoms with E-state index in [1.54, 1.807) is 0 Å². The SMILES string of the molecule is CCCCCCCCCCNC1CCC1. The van der Waals surface area contributed by atoms with E-state index in [2.05, 4.69) is 12.2 Å². The highest BCUT2D eigenvalue weighted by Gasteiger charge is 2.15. The summed E-state index contributed by atoms with van der Waals surface area (Å²) < 4.78 is 0. The first-order valence-corrected chi connectivity index (χ1v) is 7.17. The molecule has 1 rings (SSSR count). The van der Waals surface area contributed by atoms with Gasteiger partial charge in [0.05, 0.1) is 0 Å². The van der Waals surface area contributed by atoms with Gasteiger partial charge < -0.3 is 5.32 Å². The second-order valence-corrected chi connectivity index (χ2v) is 5.06. The lowest BCUT2D eigenvalue weighted by Crippen LogP contribution is -2.35. The maximum absolute atomic E-state index is 3.63. The van der Waals surface area contributed by atoms with Crippen LogP contribution in [0.5, 0.6) is 0 Å². The molecule has 0 aliphatic heterocycles. The molecule has 0 amide bonds. The van der Waals surface area contributed by atoms with Gasteiger partial charge in [0.2, 0.25) is 0 Å². The smallest absolute Gasteiger partial charge is 0.00670 e. The van der Waals surface area contributed by atoms with Gasteiger partial charge in [-0.3, -0.25) is 0 Å². The van der Waals surface area contributed by atoms with E-state index in [1.807, 2.05) is 0 Å². The van der Waals surface area contributed by atoms with Gasteiger partial charge in [-0.2, -0.15) is 0 Å². The first kappa shape index (κ1) is 13.0. The lowest BCUT2D eigenvalue weighted by molar-refractivity contribution is 0.337. The molecule has 0 atom stereocenters. The molecule has 0 spiro atoms. The summed E-state index contributed by atoms with van der Waals surface area (Å²) in [6, 6.07) is 0.884. The Hall–Kier alpha value is -0.0400. The van der Waals surface area contributed by atoms with Gasteiger partial charge in [-0.25, -0.2) is 0 Å². The molecule has 0 radical (unpaired) electrons. The molecule has 0 aromatic carbocycles. The molecule has 0 saturated heterocycles. The Bertz CT molecular complexity index is 129. The Morgan fingerprint density at radius 1 is 0.867 bits per heavy atom. The molecule has 1 heteroatoms. The fourth-order valence-electron chi connectivity index (χ4n) is 2.18. The Labute approximate surface area is 96.0 Å². The summed E-state index contributed by atoms with van der Waals surface area (Å²) in [5.41, 5.74) is 0. The Kier molecular flexibility index (Phi) is 7.99. The summed E-state index contributed by atoms with van der Waals surface area (Å²) in [5.74, 6) is 0. The molecule has 90 valence electrons. The monoisotopic (exact) mass is 211 g/mol. The number of nitrogens with one attached hydrogen (secondary N) is 1. The van der Waals surface area contributed by atoms with E-state index >= 15 is 0 Å². The van der Waals surface area contributed by atoms with Crippen molar-refractivity contribution >= 4 is 0 Å². The summed E-state index contributed by atoms with van der Waals surface area (Å²) >= 11 is 0. The zero-order valence-corrected chi connectivity index (χ0v) is 10.6. The van der Waals surface area contributed by atoms with Crippen molar-refractivity contribution in [1.82, 2.24) is 5.32 Å². The van der Waals surface area contributed by atoms with E-state index < -0.39 is 0 Å².